The van der Waals surface area contributed by atoms with E-state index >= 15 is 0 Å². The van der Waals surface area contributed by atoms with Crippen LogP contribution >= 0.6 is 22.6 Å². The zero-order valence-corrected chi connectivity index (χ0v) is 11.4. The van der Waals surface area contributed by atoms with Crippen molar-refractivity contribution < 1.29 is 9.13 Å². The average molecular weight is 343 g/mol. The number of aryl methyl sites for hydroxylation is 1. The minimum absolute atomic E-state index is 0.229. The number of rotatable bonds is 2. The van der Waals surface area contributed by atoms with Crippen LogP contribution in [0.1, 0.15) is 5.56 Å². The molecule has 0 bridgehead atoms. The molecular weight excluding hydrogens is 332 g/mol. The second-order valence-electron chi connectivity index (χ2n) is 3.73. The second-order valence-corrected chi connectivity index (χ2v) is 4.89. The SMILES string of the molecule is Cc1ccc(F)c(Oc2ccc(N)cc2I)c1. The summed E-state index contributed by atoms with van der Waals surface area (Å²) in [5, 5.41) is 0. The van der Waals surface area contributed by atoms with Crippen molar-refractivity contribution in [3.05, 3.63) is 51.3 Å². The van der Waals surface area contributed by atoms with E-state index in [4.69, 9.17) is 10.5 Å². The van der Waals surface area contributed by atoms with Gasteiger partial charge in [-0.15, -0.1) is 0 Å². The highest BCUT2D eigenvalue weighted by Gasteiger charge is 2.07. The van der Waals surface area contributed by atoms with Crippen molar-refractivity contribution >= 4 is 28.3 Å². The van der Waals surface area contributed by atoms with Gasteiger partial charge in [-0.1, -0.05) is 6.07 Å². The Hall–Kier alpha value is -1.30. The van der Waals surface area contributed by atoms with Crippen molar-refractivity contribution in [1.29, 1.82) is 0 Å². The molecule has 0 atom stereocenters. The lowest BCUT2D eigenvalue weighted by atomic mass is 10.2. The summed E-state index contributed by atoms with van der Waals surface area (Å²) in [6.07, 6.45) is 0. The van der Waals surface area contributed by atoms with E-state index in [0.29, 0.717) is 11.4 Å². The first-order valence-electron chi connectivity index (χ1n) is 5.05. The lowest BCUT2D eigenvalue weighted by Gasteiger charge is -2.09. The quantitative estimate of drug-likeness (QED) is 0.658. The number of nitrogens with two attached hydrogens (primary N) is 1. The molecule has 0 aliphatic carbocycles. The van der Waals surface area contributed by atoms with Gasteiger partial charge in [0.15, 0.2) is 11.6 Å². The van der Waals surface area contributed by atoms with Crippen molar-refractivity contribution in [3.63, 3.8) is 0 Å². The van der Waals surface area contributed by atoms with Crippen LogP contribution in [-0.2, 0) is 0 Å². The Morgan fingerprint density at radius 1 is 1.12 bits per heavy atom. The van der Waals surface area contributed by atoms with Crippen molar-refractivity contribution in [2.75, 3.05) is 5.73 Å². The predicted octanol–water partition coefficient (Wildman–Crippen LogP) is 4.11. The van der Waals surface area contributed by atoms with Gasteiger partial charge in [0.05, 0.1) is 3.57 Å². The fourth-order valence-electron chi connectivity index (χ4n) is 1.41. The Labute approximate surface area is 113 Å². The van der Waals surface area contributed by atoms with Crippen LogP contribution in [0.25, 0.3) is 0 Å². The number of nitrogen functional groups attached to an aromatic ring is 1. The number of benzene rings is 2. The van der Waals surface area contributed by atoms with E-state index in [-0.39, 0.29) is 11.6 Å². The molecule has 0 saturated carbocycles. The van der Waals surface area contributed by atoms with Crippen LogP contribution in [0.15, 0.2) is 36.4 Å². The Morgan fingerprint density at radius 2 is 1.88 bits per heavy atom. The van der Waals surface area contributed by atoms with Crippen LogP contribution < -0.4 is 10.5 Å². The van der Waals surface area contributed by atoms with Crippen LogP contribution in [0.2, 0.25) is 0 Å². The third kappa shape index (κ3) is 2.88. The topological polar surface area (TPSA) is 35.2 Å². The standard InChI is InChI=1S/C13H11FINO/c1-8-2-4-10(14)13(6-8)17-12-5-3-9(16)7-11(12)15/h2-7H,16H2,1H3. The fraction of sp³-hybridized carbons (Fsp3) is 0.0769. The number of anilines is 1. The predicted molar refractivity (Wildman–Crippen MR) is 74.8 cm³/mol. The molecule has 0 aliphatic rings. The molecule has 2 rings (SSSR count). The maximum Gasteiger partial charge on any atom is 0.165 e. The highest BCUT2D eigenvalue weighted by atomic mass is 127. The Bertz CT molecular complexity index is 557. The van der Waals surface area contributed by atoms with Gasteiger partial charge in [0.1, 0.15) is 5.75 Å². The van der Waals surface area contributed by atoms with Crippen LogP contribution in [0.5, 0.6) is 11.5 Å². The lowest BCUT2D eigenvalue weighted by Crippen LogP contribution is -1.93. The smallest absolute Gasteiger partial charge is 0.165 e. The molecule has 0 amide bonds. The third-order valence-corrected chi connectivity index (χ3v) is 3.11. The normalized spacial score (nSPS) is 10.3. The van der Waals surface area contributed by atoms with E-state index in [1.807, 2.05) is 6.92 Å². The van der Waals surface area contributed by atoms with Gasteiger partial charge in [-0.3, -0.25) is 0 Å². The number of halogens is 2. The number of hydrogen-bond donors (Lipinski definition) is 1. The second kappa shape index (κ2) is 4.91. The van der Waals surface area contributed by atoms with Gasteiger partial charge in [0, 0.05) is 5.69 Å². The molecule has 88 valence electrons. The highest BCUT2D eigenvalue weighted by molar-refractivity contribution is 14.1. The molecule has 2 N–H and O–H groups in total. The average Bonchev–Trinajstić information content (AvgIpc) is 2.27. The van der Waals surface area contributed by atoms with Crippen LogP contribution in [-0.4, -0.2) is 0 Å². The van der Waals surface area contributed by atoms with Crippen molar-refractivity contribution in [2.24, 2.45) is 0 Å². The number of ether oxygens (including phenoxy) is 1. The zero-order chi connectivity index (χ0) is 12.4. The first-order chi connectivity index (χ1) is 8.06. The molecule has 2 nitrogen and oxygen atoms in total. The van der Waals surface area contributed by atoms with Gasteiger partial charge in [-0.05, 0) is 65.4 Å². The van der Waals surface area contributed by atoms with Gasteiger partial charge in [0.2, 0.25) is 0 Å². The summed E-state index contributed by atoms with van der Waals surface area (Å²) in [6, 6.07) is 10.0. The van der Waals surface area contributed by atoms with Gasteiger partial charge >= 0.3 is 0 Å². The molecule has 0 radical (unpaired) electrons. The Kier molecular flexibility index (Phi) is 3.51. The molecule has 0 spiro atoms. The van der Waals surface area contributed by atoms with E-state index in [9.17, 15) is 4.39 Å². The van der Waals surface area contributed by atoms with Gasteiger partial charge in [0.25, 0.3) is 0 Å². The van der Waals surface area contributed by atoms with E-state index in [1.54, 1.807) is 30.3 Å². The Morgan fingerprint density at radius 3 is 2.59 bits per heavy atom. The van der Waals surface area contributed by atoms with Crippen LogP contribution in [0.4, 0.5) is 10.1 Å². The third-order valence-electron chi connectivity index (χ3n) is 2.26. The molecule has 4 heteroatoms. The lowest BCUT2D eigenvalue weighted by molar-refractivity contribution is 0.439. The molecule has 2 aromatic rings. The van der Waals surface area contributed by atoms with Crippen LogP contribution in [0, 0.1) is 16.3 Å². The Balaban J connectivity index is 2.34. The van der Waals surface area contributed by atoms with E-state index in [1.165, 1.54) is 6.07 Å². The summed E-state index contributed by atoms with van der Waals surface area (Å²) in [5.41, 5.74) is 7.25. The van der Waals surface area contributed by atoms with Gasteiger partial charge in [-0.2, -0.15) is 0 Å². The number of hydrogen-bond acceptors (Lipinski definition) is 2. The van der Waals surface area contributed by atoms with E-state index in [2.05, 4.69) is 22.6 Å². The molecule has 0 aromatic heterocycles. The summed E-state index contributed by atoms with van der Waals surface area (Å²) >= 11 is 2.11. The molecule has 2 aromatic carbocycles. The summed E-state index contributed by atoms with van der Waals surface area (Å²) < 4.78 is 19.9. The zero-order valence-electron chi connectivity index (χ0n) is 9.21. The van der Waals surface area contributed by atoms with E-state index < -0.39 is 0 Å². The molecule has 17 heavy (non-hydrogen) atoms. The minimum atomic E-state index is -0.372. The maximum atomic E-state index is 13.5. The molecule has 0 saturated heterocycles. The van der Waals surface area contributed by atoms with Crippen molar-refractivity contribution in [1.82, 2.24) is 0 Å². The summed E-state index contributed by atoms with van der Waals surface area (Å²) in [7, 11) is 0. The monoisotopic (exact) mass is 343 g/mol. The molecule has 0 unspecified atom stereocenters. The summed E-state index contributed by atoms with van der Waals surface area (Å²) in [4.78, 5) is 0. The molecule has 0 aliphatic heterocycles. The summed E-state index contributed by atoms with van der Waals surface area (Å²) in [6.45, 7) is 1.89. The van der Waals surface area contributed by atoms with Crippen molar-refractivity contribution in [2.45, 2.75) is 6.92 Å². The molecule has 0 heterocycles. The minimum Gasteiger partial charge on any atom is -0.453 e. The largest absolute Gasteiger partial charge is 0.453 e. The molecule has 0 fully saturated rings. The van der Waals surface area contributed by atoms with Crippen molar-refractivity contribution in [3.8, 4) is 11.5 Å². The van der Waals surface area contributed by atoms with E-state index in [0.717, 1.165) is 9.13 Å². The first kappa shape index (κ1) is 12.2. The maximum absolute atomic E-state index is 13.5. The highest BCUT2D eigenvalue weighted by Crippen LogP contribution is 2.30. The summed E-state index contributed by atoms with van der Waals surface area (Å²) in [5.74, 6) is 0.459. The van der Waals surface area contributed by atoms with Gasteiger partial charge < -0.3 is 10.5 Å². The molecular formula is C13H11FINO. The van der Waals surface area contributed by atoms with Gasteiger partial charge in [-0.25, -0.2) is 4.39 Å². The fourth-order valence-corrected chi connectivity index (χ4v) is 2.06. The van der Waals surface area contributed by atoms with Crippen LogP contribution in [0.3, 0.4) is 0 Å². The first-order valence-corrected chi connectivity index (χ1v) is 6.13.